The lowest BCUT2D eigenvalue weighted by atomic mass is 9.33. The SMILES string of the molecule is CC(C)(C)c1cc2c3c(c1)-c1ccccc1Oc1ccccc1-c1cccc(C(C)(C)C)c1N3c1cc(C(C)(C)C)cc3c1B2c1ccc(-n2c4ccccc4c4ccccc42)cc1N3c1ccc(-c2ccccc2)cc1. The molecule has 374 valence electrons. The summed E-state index contributed by atoms with van der Waals surface area (Å²) < 4.78 is 9.74. The molecule has 0 aliphatic carbocycles. The maximum absolute atomic E-state index is 7.26. The number of para-hydroxylation sites is 5. The smallest absolute Gasteiger partial charge is 0.252 e. The van der Waals surface area contributed by atoms with Crippen molar-refractivity contribution in [2.75, 3.05) is 9.80 Å². The Morgan fingerprint density at radius 2 is 0.896 bits per heavy atom. The van der Waals surface area contributed by atoms with Gasteiger partial charge in [-0.05, 0) is 127 Å². The summed E-state index contributed by atoms with van der Waals surface area (Å²) in [6.07, 6.45) is 0. The van der Waals surface area contributed by atoms with Crippen LogP contribution in [0.3, 0.4) is 0 Å². The Labute approximate surface area is 453 Å². The summed E-state index contributed by atoms with van der Waals surface area (Å²) in [4.78, 5) is 5.31. The molecule has 3 aliphatic rings. The van der Waals surface area contributed by atoms with E-state index in [9.17, 15) is 0 Å². The first-order valence-corrected chi connectivity index (χ1v) is 27.4. The van der Waals surface area contributed by atoms with Crippen LogP contribution in [0.2, 0.25) is 0 Å². The molecular formula is C72H62BN3O. The van der Waals surface area contributed by atoms with E-state index in [4.69, 9.17) is 4.74 Å². The van der Waals surface area contributed by atoms with Crippen LogP contribution in [0.4, 0.5) is 34.1 Å². The summed E-state index contributed by atoms with van der Waals surface area (Å²) in [5.41, 5.74) is 24.4. The molecule has 4 nitrogen and oxygen atoms in total. The lowest BCUT2D eigenvalue weighted by Gasteiger charge is -2.47. The molecule has 4 heterocycles. The molecule has 0 amide bonds. The molecule has 0 spiro atoms. The first-order chi connectivity index (χ1) is 37.1. The molecule has 3 aliphatic heterocycles. The van der Waals surface area contributed by atoms with E-state index in [-0.39, 0.29) is 23.0 Å². The quantitative estimate of drug-likeness (QED) is 0.165. The second-order valence-corrected chi connectivity index (χ2v) is 24.6. The van der Waals surface area contributed by atoms with Crippen LogP contribution < -0.4 is 30.9 Å². The second kappa shape index (κ2) is 17.0. The van der Waals surface area contributed by atoms with Crippen LogP contribution in [0.15, 0.2) is 212 Å². The summed E-state index contributed by atoms with van der Waals surface area (Å²) in [5, 5.41) is 2.50. The summed E-state index contributed by atoms with van der Waals surface area (Å²) >= 11 is 0. The average molecular weight is 996 g/mol. The predicted octanol–water partition coefficient (Wildman–Crippen LogP) is 17.9. The minimum Gasteiger partial charge on any atom is -0.456 e. The van der Waals surface area contributed by atoms with Crippen LogP contribution >= 0.6 is 0 Å². The fourth-order valence-corrected chi connectivity index (χ4v) is 12.8. The van der Waals surface area contributed by atoms with Gasteiger partial charge < -0.3 is 19.1 Å². The van der Waals surface area contributed by atoms with E-state index in [0.717, 1.165) is 45.1 Å². The normalized spacial score (nSPS) is 13.5. The molecule has 0 unspecified atom stereocenters. The van der Waals surface area contributed by atoms with E-state index < -0.39 is 0 Å². The Bertz CT molecular complexity index is 4150. The number of aromatic nitrogens is 1. The van der Waals surface area contributed by atoms with E-state index in [0.29, 0.717) is 0 Å². The summed E-state index contributed by atoms with van der Waals surface area (Å²) in [6.45, 7) is 21.1. The van der Waals surface area contributed by atoms with Crippen LogP contribution in [-0.2, 0) is 16.2 Å². The molecule has 14 rings (SSSR count). The number of rotatable bonds is 3. The molecule has 1 aromatic heterocycles. The van der Waals surface area contributed by atoms with Gasteiger partial charge in [0.1, 0.15) is 11.5 Å². The molecule has 0 saturated carbocycles. The van der Waals surface area contributed by atoms with Crippen molar-refractivity contribution in [3.8, 4) is 50.6 Å². The van der Waals surface area contributed by atoms with Crippen LogP contribution in [0, 0.1) is 0 Å². The van der Waals surface area contributed by atoms with E-state index in [2.05, 4.69) is 289 Å². The second-order valence-electron chi connectivity index (χ2n) is 24.6. The van der Waals surface area contributed by atoms with Gasteiger partial charge in [0.05, 0.1) is 16.7 Å². The zero-order valence-corrected chi connectivity index (χ0v) is 45.5. The van der Waals surface area contributed by atoms with Crippen LogP contribution in [0.1, 0.15) is 79.0 Å². The van der Waals surface area contributed by atoms with Gasteiger partial charge in [0.15, 0.2) is 0 Å². The molecule has 0 radical (unpaired) electrons. The Kier molecular flexibility index (Phi) is 10.4. The lowest BCUT2D eigenvalue weighted by Crippen LogP contribution is -2.62. The minimum atomic E-state index is -0.240. The van der Waals surface area contributed by atoms with Crippen molar-refractivity contribution in [1.82, 2.24) is 4.57 Å². The van der Waals surface area contributed by atoms with E-state index in [1.54, 1.807) is 0 Å². The van der Waals surface area contributed by atoms with Crippen molar-refractivity contribution in [1.29, 1.82) is 0 Å². The summed E-state index contributed by atoms with van der Waals surface area (Å²) in [5.74, 6) is 1.67. The molecule has 0 atom stereocenters. The topological polar surface area (TPSA) is 20.6 Å². The molecule has 0 saturated heterocycles. The first kappa shape index (κ1) is 47.0. The highest BCUT2D eigenvalue weighted by atomic mass is 16.5. The molecule has 5 heteroatoms. The third kappa shape index (κ3) is 7.34. The fourth-order valence-electron chi connectivity index (χ4n) is 12.8. The number of nitrogens with zero attached hydrogens (tertiary/aromatic N) is 3. The molecule has 0 N–H and O–H groups in total. The Morgan fingerprint density at radius 1 is 0.364 bits per heavy atom. The van der Waals surface area contributed by atoms with Gasteiger partial charge >= 0.3 is 0 Å². The maximum atomic E-state index is 7.26. The standard InChI is InChI=1S/C72H62BN3O/c1-70(2,3)47-40-56-54-27-16-20-33-66(54)77-65-32-19-15-26-53(65)55-28-21-29-57(72(7,8)9)68(55)76-64-43-48(71(4,5)6)42-63-67(64)73(59(41-47)69(56)76)58-39-38-50(75-60-30-17-13-24-51(60)52-25-14-18-31-61(52)75)44-62(58)74(63)49-36-34-46(35-37-49)45-22-11-10-12-23-45/h10-44H,1-9H3. The van der Waals surface area contributed by atoms with Gasteiger partial charge in [-0.3, -0.25) is 0 Å². The van der Waals surface area contributed by atoms with Gasteiger partial charge in [0.25, 0.3) is 6.71 Å². The molecule has 10 aromatic carbocycles. The van der Waals surface area contributed by atoms with E-state index in [1.807, 2.05) is 0 Å². The average Bonchev–Trinajstić information content (AvgIpc) is 3.93. The van der Waals surface area contributed by atoms with Crippen molar-refractivity contribution >= 4 is 79.0 Å². The van der Waals surface area contributed by atoms with Crippen LogP contribution in [0.25, 0.3) is 60.9 Å². The first-order valence-electron chi connectivity index (χ1n) is 27.4. The van der Waals surface area contributed by atoms with Gasteiger partial charge in [-0.15, -0.1) is 0 Å². The van der Waals surface area contributed by atoms with Gasteiger partial charge in [0.2, 0.25) is 0 Å². The summed E-state index contributed by atoms with van der Waals surface area (Å²) in [7, 11) is 0. The monoisotopic (exact) mass is 995 g/mol. The molecule has 0 bridgehead atoms. The van der Waals surface area contributed by atoms with Gasteiger partial charge in [-0.25, -0.2) is 0 Å². The number of anilines is 6. The number of hydrogen-bond donors (Lipinski definition) is 0. The van der Waals surface area contributed by atoms with Crippen molar-refractivity contribution in [3.63, 3.8) is 0 Å². The van der Waals surface area contributed by atoms with Crippen molar-refractivity contribution < 1.29 is 4.74 Å². The third-order valence-corrected chi connectivity index (χ3v) is 16.6. The number of hydrogen-bond acceptors (Lipinski definition) is 3. The van der Waals surface area contributed by atoms with E-state index in [1.165, 1.54) is 94.4 Å². The largest absolute Gasteiger partial charge is 0.456 e. The summed E-state index contributed by atoms with van der Waals surface area (Å²) in [6, 6.07) is 79.5. The highest BCUT2D eigenvalue weighted by molar-refractivity contribution is 7.00. The van der Waals surface area contributed by atoms with Gasteiger partial charge in [-0.2, -0.15) is 0 Å². The molecular weight excluding hydrogens is 934 g/mol. The fraction of sp³-hybridized carbons (Fsp3) is 0.167. The number of benzene rings is 10. The highest BCUT2D eigenvalue weighted by Gasteiger charge is 2.47. The highest BCUT2D eigenvalue weighted by Crippen LogP contribution is 2.56. The molecule has 0 fully saturated rings. The van der Waals surface area contributed by atoms with Crippen LogP contribution in [-0.4, -0.2) is 11.3 Å². The lowest BCUT2D eigenvalue weighted by molar-refractivity contribution is 0.486. The van der Waals surface area contributed by atoms with Crippen LogP contribution in [0.5, 0.6) is 11.5 Å². The zero-order chi connectivity index (χ0) is 52.7. The minimum absolute atomic E-state index is 0.142. The van der Waals surface area contributed by atoms with Gasteiger partial charge in [0, 0.05) is 67.2 Å². The Hall–Kier alpha value is -8.54. The zero-order valence-electron chi connectivity index (χ0n) is 45.5. The third-order valence-electron chi connectivity index (χ3n) is 16.6. The molecule has 11 aromatic rings. The van der Waals surface area contributed by atoms with E-state index >= 15 is 0 Å². The number of fused-ring (bicyclic) bond motifs is 13. The van der Waals surface area contributed by atoms with Crippen molar-refractivity contribution in [3.05, 3.63) is 229 Å². The maximum Gasteiger partial charge on any atom is 0.252 e. The van der Waals surface area contributed by atoms with Crippen molar-refractivity contribution in [2.45, 2.75) is 78.6 Å². The predicted molar refractivity (Wildman–Crippen MR) is 327 cm³/mol. The molecule has 77 heavy (non-hydrogen) atoms. The number of ether oxygens (including phenoxy) is 1. The van der Waals surface area contributed by atoms with Crippen molar-refractivity contribution in [2.24, 2.45) is 0 Å². The Balaban J connectivity index is 1.16. The van der Waals surface area contributed by atoms with Gasteiger partial charge in [-0.1, -0.05) is 208 Å². The Morgan fingerprint density at radius 3 is 1.53 bits per heavy atom.